The number of aryl methyl sites for hydroxylation is 2. The van der Waals surface area contributed by atoms with Gasteiger partial charge in [0.05, 0.1) is 5.75 Å². The summed E-state index contributed by atoms with van der Waals surface area (Å²) in [5.41, 5.74) is 4.02. The number of benzene rings is 2. The number of amides is 1. The van der Waals surface area contributed by atoms with Crippen molar-refractivity contribution < 1.29 is 18.3 Å². The summed E-state index contributed by atoms with van der Waals surface area (Å²) in [4.78, 5) is 14.1. The molecule has 0 saturated carbocycles. The Morgan fingerprint density at radius 1 is 1.12 bits per heavy atom. The minimum atomic E-state index is -2.84. The number of ether oxygens (including phenoxy) is 1. The molecule has 0 bridgehead atoms. The number of halogens is 2. The predicted molar refractivity (Wildman–Crippen MR) is 91.7 cm³/mol. The third-order valence-electron chi connectivity index (χ3n) is 4.03. The van der Waals surface area contributed by atoms with Crippen LogP contribution in [0.3, 0.4) is 0 Å². The molecule has 1 amide bonds. The third-order valence-corrected chi connectivity index (χ3v) is 5.24. The number of hydrogen-bond acceptors (Lipinski definition) is 3. The molecule has 0 N–H and O–H groups in total. The van der Waals surface area contributed by atoms with E-state index in [1.807, 2.05) is 32.0 Å². The standard InChI is InChI=1S/C18H17F2NO2S/c1-11-3-6-14(9-12(11)2)21-16(22)10-24-17(21)13-4-7-15(8-5-13)23-18(19)20/h3-9,17-18H,10H2,1-2H3/t17-/m1/s1. The fourth-order valence-electron chi connectivity index (χ4n) is 2.64. The molecule has 24 heavy (non-hydrogen) atoms. The molecular formula is C18H17F2NO2S. The number of anilines is 1. The smallest absolute Gasteiger partial charge is 0.387 e. The molecule has 0 aromatic heterocycles. The van der Waals surface area contributed by atoms with Gasteiger partial charge >= 0.3 is 6.61 Å². The minimum Gasteiger partial charge on any atom is -0.435 e. The molecule has 6 heteroatoms. The van der Waals surface area contributed by atoms with Crippen molar-refractivity contribution in [2.24, 2.45) is 0 Å². The first kappa shape index (κ1) is 16.8. The quantitative estimate of drug-likeness (QED) is 0.802. The first-order valence-electron chi connectivity index (χ1n) is 7.51. The Balaban J connectivity index is 1.88. The lowest BCUT2D eigenvalue weighted by Gasteiger charge is -2.25. The second-order valence-electron chi connectivity index (χ2n) is 5.64. The number of carbonyl (C=O) groups excluding carboxylic acids is 1. The predicted octanol–water partition coefficient (Wildman–Crippen LogP) is 4.68. The van der Waals surface area contributed by atoms with Gasteiger partial charge in [-0.25, -0.2) is 0 Å². The number of nitrogens with zero attached hydrogens (tertiary/aromatic N) is 1. The lowest BCUT2D eigenvalue weighted by molar-refractivity contribution is -0.115. The molecule has 1 heterocycles. The molecule has 0 aliphatic carbocycles. The lowest BCUT2D eigenvalue weighted by Crippen LogP contribution is -2.27. The number of alkyl halides is 2. The van der Waals surface area contributed by atoms with Gasteiger partial charge in [-0.05, 0) is 54.8 Å². The summed E-state index contributed by atoms with van der Waals surface area (Å²) in [6.45, 7) is 1.20. The molecule has 2 aromatic carbocycles. The van der Waals surface area contributed by atoms with E-state index < -0.39 is 6.61 Å². The van der Waals surface area contributed by atoms with Gasteiger partial charge < -0.3 is 4.74 Å². The molecule has 3 rings (SSSR count). The van der Waals surface area contributed by atoms with Crippen LogP contribution < -0.4 is 9.64 Å². The Morgan fingerprint density at radius 2 is 1.83 bits per heavy atom. The summed E-state index contributed by atoms with van der Waals surface area (Å²) in [5.74, 6) is 0.550. The first-order chi connectivity index (χ1) is 11.5. The van der Waals surface area contributed by atoms with Crippen LogP contribution in [0.2, 0.25) is 0 Å². The molecule has 0 unspecified atom stereocenters. The van der Waals surface area contributed by atoms with Crippen molar-refractivity contribution in [1.82, 2.24) is 0 Å². The van der Waals surface area contributed by atoms with E-state index in [1.165, 1.54) is 29.5 Å². The van der Waals surface area contributed by atoms with E-state index in [-0.39, 0.29) is 17.0 Å². The Bertz CT molecular complexity index is 749. The monoisotopic (exact) mass is 349 g/mol. The van der Waals surface area contributed by atoms with E-state index in [0.29, 0.717) is 5.75 Å². The highest BCUT2D eigenvalue weighted by Crippen LogP contribution is 2.42. The van der Waals surface area contributed by atoms with Crippen molar-refractivity contribution in [2.45, 2.75) is 25.8 Å². The SMILES string of the molecule is Cc1ccc(N2C(=O)CS[C@@H]2c2ccc(OC(F)F)cc2)cc1C. The molecule has 1 saturated heterocycles. The van der Waals surface area contributed by atoms with Crippen molar-refractivity contribution in [1.29, 1.82) is 0 Å². The Morgan fingerprint density at radius 3 is 2.46 bits per heavy atom. The highest BCUT2D eigenvalue weighted by molar-refractivity contribution is 8.00. The van der Waals surface area contributed by atoms with Crippen LogP contribution in [0, 0.1) is 13.8 Å². The first-order valence-corrected chi connectivity index (χ1v) is 8.56. The highest BCUT2D eigenvalue weighted by atomic mass is 32.2. The number of rotatable bonds is 4. The second-order valence-corrected chi connectivity index (χ2v) is 6.71. The average Bonchev–Trinajstić information content (AvgIpc) is 2.92. The molecule has 1 aliphatic rings. The van der Waals surface area contributed by atoms with Crippen LogP contribution in [0.25, 0.3) is 0 Å². The van der Waals surface area contributed by atoms with E-state index in [0.717, 1.165) is 16.8 Å². The van der Waals surface area contributed by atoms with E-state index >= 15 is 0 Å². The summed E-state index contributed by atoms with van der Waals surface area (Å²) in [5, 5.41) is -0.166. The van der Waals surface area contributed by atoms with Gasteiger partial charge in [0.15, 0.2) is 0 Å². The maximum atomic E-state index is 12.3. The Labute approximate surface area is 143 Å². The molecule has 2 aromatic rings. The molecule has 1 aliphatic heterocycles. The van der Waals surface area contributed by atoms with Crippen LogP contribution in [-0.4, -0.2) is 18.3 Å². The van der Waals surface area contributed by atoms with E-state index in [1.54, 1.807) is 17.0 Å². The van der Waals surface area contributed by atoms with Crippen LogP contribution in [0.1, 0.15) is 22.1 Å². The Hall–Kier alpha value is -2.08. The fraction of sp³-hybridized carbons (Fsp3) is 0.278. The molecule has 1 atom stereocenters. The van der Waals surface area contributed by atoms with Gasteiger partial charge in [-0.3, -0.25) is 9.69 Å². The maximum Gasteiger partial charge on any atom is 0.387 e. The van der Waals surface area contributed by atoms with Crippen molar-refractivity contribution in [2.75, 3.05) is 10.7 Å². The zero-order chi connectivity index (χ0) is 17.3. The van der Waals surface area contributed by atoms with Gasteiger partial charge in [0, 0.05) is 5.69 Å². The largest absolute Gasteiger partial charge is 0.435 e. The number of thioether (sulfide) groups is 1. The molecule has 0 spiro atoms. The van der Waals surface area contributed by atoms with Gasteiger partial charge in [0.25, 0.3) is 0 Å². The van der Waals surface area contributed by atoms with Crippen LogP contribution in [0.15, 0.2) is 42.5 Å². The Kier molecular flexibility index (Phi) is 4.76. The van der Waals surface area contributed by atoms with Crippen LogP contribution >= 0.6 is 11.8 Å². The van der Waals surface area contributed by atoms with E-state index in [9.17, 15) is 13.6 Å². The van der Waals surface area contributed by atoms with Crippen molar-refractivity contribution in [3.8, 4) is 5.75 Å². The minimum absolute atomic E-state index is 0.0427. The zero-order valence-corrected chi connectivity index (χ0v) is 14.1. The van der Waals surface area contributed by atoms with Gasteiger partial charge in [0.2, 0.25) is 5.91 Å². The van der Waals surface area contributed by atoms with Crippen LogP contribution in [-0.2, 0) is 4.79 Å². The molecule has 1 fully saturated rings. The number of hydrogen-bond donors (Lipinski definition) is 0. The third kappa shape index (κ3) is 3.38. The van der Waals surface area contributed by atoms with Gasteiger partial charge in [-0.1, -0.05) is 18.2 Å². The summed E-state index contributed by atoms with van der Waals surface area (Å²) in [7, 11) is 0. The summed E-state index contributed by atoms with van der Waals surface area (Å²) < 4.78 is 28.9. The van der Waals surface area contributed by atoms with Crippen molar-refractivity contribution in [3.63, 3.8) is 0 Å². The van der Waals surface area contributed by atoms with E-state index in [4.69, 9.17) is 0 Å². The molecular weight excluding hydrogens is 332 g/mol. The highest BCUT2D eigenvalue weighted by Gasteiger charge is 2.34. The zero-order valence-electron chi connectivity index (χ0n) is 13.3. The fourth-order valence-corrected chi connectivity index (χ4v) is 3.82. The topological polar surface area (TPSA) is 29.5 Å². The van der Waals surface area contributed by atoms with Gasteiger partial charge in [-0.2, -0.15) is 8.78 Å². The summed E-state index contributed by atoms with van der Waals surface area (Å²) in [6, 6.07) is 12.4. The maximum absolute atomic E-state index is 12.3. The van der Waals surface area contributed by atoms with Gasteiger partial charge in [-0.15, -0.1) is 11.8 Å². The molecule has 126 valence electrons. The van der Waals surface area contributed by atoms with Crippen LogP contribution in [0.4, 0.5) is 14.5 Å². The molecule has 3 nitrogen and oxygen atoms in total. The summed E-state index contributed by atoms with van der Waals surface area (Å²) >= 11 is 1.52. The number of carbonyl (C=O) groups is 1. The van der Waals surface area contributed by atoms with Gasteiger partial charge in [0.1, 0.15) is 11.1 Å². The van der Waals surface area contributed by atoms with Crippen molar-refractivity contribution in [3.05, 3.63) is 59.2 Å². The lowest BCUT2D eigenvalue weighted by atomic mass is 10.1. The van der Waals surface area contributed by atoms with E-state index in [2.05, 4.69) is 4.74 Å². The normalized spacial score (nSPS) is 17.6. The summed E-state index contributed by atoms with van der Waals surface area (Å²) in [6.07, 6.45) is 0. The van der Waals surface area contributed by atoms with Crippen molar-refractivity contribution >= 4 is 23.4 Å². The van der Waals surface area contributed by atoms with Crippen LogP contribution in [0.5, 0.6) is 5.75 Å². The second kappa shape index (κ2) is 6.81. The average molecular weight is 349 g/mol. The molecule has 0 radical (unpaired) electrons.